The highest BCUT2D eigenvalue weighted by molar-refractivity contribution is 5.74. The Labute approximate surface area is 136 Å². The van der Waals surface area contributed by atoms with E-state index in [1.54, 1.807) is 0 Å². The van der Waals surface area contributed by atoms with Gasteiger partial charge in [-0.25, -0.2) is 4.79 Å². The molecule has 0 bridgehead atoms. The first kappa shape index (κ1) is 20.1. The third-order valence-corrected chi connectivity index (χ3v) is 4.24. The van der Waals surface area contributed by atoms with Gasteiger partial charge in [0.05, 0.1) is 0 Å². The van der Waals surface area contributed by atoms with Crippen molar-refractivity contribution in [1.82, 2.24) is 10.2 Å². The Balaban J connectivity index is 2.23. The Morgan fingerprint density at radius 3 is 2.26 bits per heavy atom. The number of nitrogens with zero attached hydrogens (tertiary/aromatic N) is 1. The molecule has 0 aromatic heterocycles. The van der Waals surface area contributed by atoms with Gasteiger partial charge in [-0.1, -0.05) is 27.2 Å². The van der Waals surface area contributed by atoms with E-state index in [0.29, 0.717) is 6.54 Å². The van der Waals surface area contributed by atoms with Crippen molar-refractivity contribution in [2.45, 2.75) is 65.2 Å². The Hall–Kier alpha value is -0.980. The maximum absolute atomic E-state index is 12.5. The molecule has 0 saturated carbocycles. The van der Waals surface area contributed by atoms with Crippen LogP contribution in [0.2, 0.25) is 0 Å². The maximum Gasteiger partial charge on any atom is 0.414 e. The highest BCUT2D eigenvalue weighted by Gasteiger charge is 2.44. The first-order valence-corrected chi connectivity index (χ1v) is 8.28. The van der Waals surface area contributed by atoms with Gasteiger partial charge in [-0.05, 0) is 37.0 Å². The van der Waals surface area contributed by atoms with Gasteiger partial charge in [0.15, 0.2) is 6.10 Å². The Morgan fingerprint density at radius 1 is 1.22 bits per heavy atom. The summed E-state index contributed by atoms with van der Waals surface area (Å²) >= 11 is 0. The normalized spacial score (nSPS) is 18.8. The average molecular weight is 338 g/mol. The number of likely N-dealkylation sites (tertiary alicyclic amines) is 1. The molecule has 1 fully saturated rings. The monoisotopic (exact) mass is 338 g/mol. The van der Waals surface area contributed by atoms with Crippen molar-refractivity contribution in [1.29, 1.82) is 0 Å². The minimum absolute atomic E-state index is 0.179. The van der Waals surface area contributed by atoms with Crippen LogP contribution >= 0.6 is 0 Å². The number of aliphatic hydroxyl groups is 1. The lowest BCUT2D eigenvalue weighted by molar-refractivity contribution is -0.222. The smallest absolute Gasteiger partial charge is 0.383 e. The Kier molecular flexibility index (Phi) is 7.17. The van der Waals surface area contributed by atoms with E-state index < -0.39 is 18.2 Å². The third-order valence-electron chi connectivity index (χ3n) is 4.24. The number of carbonyl (C=O) groups excluding carboxylic acids is 1. The molecule has 2 N–H and O–H groups in total. The van der Waals surface area contributed by atoms with Crippen LogP contribution < -0.4 is 5.32 Å². The lowest BCUT2D eigenvalue weighted by Gasteiger charge is -2.34. The highest BCUT2D eigenvalue weighted by Crippen LogP contribution is 2.31. The molecular formula is C16H29F3N2O2. The van der Waals surface area contributed by atoms with Crippen molar-refractivity contribution in [3.8, 4) is 0 Å². The van der Waals surface area contributed by atoms with Gasteiger partial charge in [0.1, 0.15) is 0 Å². The van der Waals surface area contributed by atoms with Crippen LogP contribution in [-0.4, -0.2) is 48.0 Å². The molecule has 2 amide bonds. The first-order chi connectivity index (χ1) is 10.5. The number of unbranched alkanes of at least 4 members (excludes halogenated alkanes) is 1. The molecule has 23 heavy (non-hydrogen) atoms. The standard InChI is InChI=1S/C16H29F3N2O2/c1-15(2,3)8-4-5-9-20-14(23)21-10-6-12(7-11-21)13(22)16(17,18)19/h12-13,22H,4-11H2,1-3H3,(H,20,23). The van der Waals surface area contributed by atoms with E-state index in [0.717, 1.165) is 19.3 Å². The van der Waals surface area contributed by atoms with Gasteiger partial charge >= 0.3 is 12.2 Å². The molecule has 1 aliphatic rings. The second-order valence-electron chi connectivity index (χ2n) is 7.56. The van der Waals surface area contributed by atoms with Crippen LogP contribution in [0.25, 0.3) is 0 Å². The number of carbonyl (C=O) groups is 1. The summed E-state index contributed by atoms with van der Waals surface area (Å²) in [5.74, 6) is -0.814. The maximum atomic E-state index is 12.5. The van der Waals surface area contributed by atoms with Crippen LogP contribution in [0.4, 0.5) is 18.0 Å². The molecule has 0 aromatic carbocycles. The third kappa shape index (κ3) is 7.42. The SMILES string of the molecule is CC(C)(C)CCCCNC(=O)N1CCC(C(O)C(F)(F)F)CC1. The fraction of sp³-hybridized carbons (Fsp3) is 0.938. The Bertz CT molecular complexity index is 373. The molecule has 7 heteroatoms. The average Bonchev–Trinajstić information content (AvgIpc) is 2.44. The molecule has 1 saturated heterocycles. The topological polar surface area (TPSA) is 52.6 Å². The van der Waals surface area contributed by atoms with E-state index in [4.69, 9.17) is 0 Å². The van der Waals surface area contributed by atoms with Crippen LogP contribution in [0.15, 0.2) is 0 Å². The van der Waals surface area contributed by atoms with Crippen LogP contribution in [-0.2, 0) is 0 Å². The lowest BCUT2D eigenvalue weighted by atomic mass is 9.90. The van der Waals surface area contributed by atoms with Crippen LogP contribution in [0.5, 0.6) is 0 Å². The van der Waals surface area contributed by atoms with Gasteiger partial charge in [-0.2, -0.15) is 13.2 Å². The summed E-state index contributed by atoms with van der Waals surface area (Å²) in [5.41, 5.74) is 0.283. The van der Waals surface area contributed by atoms with E-state index in [2.05, 4.69) is 26.1 Å². The van der Waals surface area contributed by atoms with Crippen LogP contribution in [0.3, 0.4) is 0 Å². The molecule has 0 spiro atoms. The van der Waals surface area contributed by atoms with E-state index in [1.807, 2.05) is 0 Å². The fourth-order valence-corrected chi connectivity index (χ4v) is 2.77. The number of hydrogen-bond acceptors (Lipinski definition) is 2. The first-order valence-electron chi connectivity index (χ1n) is 8.28. The molecule has 1 heterocycles. The quantitative estimate of drug-likeness (QED) is 0.753. The summed E-state index contributed by atoms with van der Waals surface area (Å²) in [6.07, 6.45) is -3.50. The minimum atomic E-state index is -4.58. The van der Waals surface area contributed by atoms with Crippen LogP contribution in [0.1, 0.15) is 52.9 Å². The van der Waals surface area contributed by atoms with Crippen molar-refractivity contribution in [2.75, 3.05) is 19.6 Å². The number of amides is 2. The summed E-state index contributed by atoms with van der Waals surface area (Å²) in [5, 5.41) is 12.1. The minimum Gasteiger partial charge on any atom is -0.383 e. The van der Waals surface area contributed by atoms with Crippen molar-refractivity contribution < 1.29 is 23.1 Å². The number of alkyl halides is 3. The second-order valence-corrected chi connectivity index (χ2v) is 7.56. The molecule has 1 atom stereocenters. The summed E-state index contributed by atoms with van der Waals surface area (Å²) in [4.78, 5) is 13.5. The molecule has 136 valence electrons. The predicted octanol–water partition coefficient (Wildman–Crippen LogP) is 3.55. The molecule has 1 rings (SSSR count). The molecule has 0 aromatic rings. The number of aliphatic hydroxyl groups excluding tert-OH is 1. The fourth-order valence-electron chi connectivity index (χ4n) is 2.77. The number of rotatable bonds is 5. The zero-order valence-corrected chi connectivity index (χ0v) is 14.2. The molecule has 4 nitrogen and oxygen atoms in total. The van der Waals surface area contributed by atoms with E-state index in [1.165, 1.54) is 4.90 Å². The molecule has 0 aliphatic carbocycles. The largest absolute Gasteiger partial charge is 0.414 e. The van der Waals surface area contributed by atoms with Gasteiger partial charge < -0.3 is 15.3 Å². The summed E-state index contributed by atoms with van der Waals surface area (Å²) < 4.78 is 37.4. The van der Waals surface area contributed by atoms with E-state index in [-0.39, 0.29) is 37.4 Å². The number of halogens is 3. The number of hydrogen-bond donors (Lipinski definition) is 2. The predicted molar refractivity (Wildman–Crippen MR) is 83.1 cm³/mol. The Morgan fingerprint density at radius 2 is 1.78 bits per heavy atom. The number of nitrogens with one attached hydrogen (secondary N) is 1. The summed E-state index contributed by atoms with van der Waals surface area (Å²) in [6.45, 7) is 7.61. The molecule has 0 radical (unpaired) electrons. The number of piperidine rings is 1. The zero-order valence-electron chi connectivity index (χ0n) is 14.2. The van der Waals surface area contributed by atoms with Crippen molar-refractivity contribution in [3.63, 3.8) is 0 Å². The lowest BCUT2D eigenvalue weighted by Crippen LogP contribution is -2.48. The van der Waals surface area contributed by atoms with Crippen molar-refractivity contribution >= 4 is 6.03 Å². The van der Waals surface area contributed by atoms with Gasteiger partial charge in [0, 0.05) is 19.6 Å². The second kappa shape index (κ2) is 8.22. The van der Waals surface area contributed by atoms with Crippen LogP contribution in [0, 0.1) is 11.3 Å². The van der Waals surface area contributed by atoms with Gasteiger partial charge in [0.2, 0.25) is 0 Å². The molecule has 1 unspecified atom stereocenters. The summed E-state index contributed by atoms with van der Waals surface area (Å²) in [6, 6.07) is -0.222. The van der Waals surface area contributed by atoms with Crippen molar-refractivity contribution in [3.05, 3.63) is 0 Å². The number of urea groups is 1. The van der Waals surface area contributed by atoms with Gasteiger partial charge in [-0.3, -0.25) is 0 Å². The highest BCUT2D eigenvalue weighted by atomic mass is 19.4. The van der Waals surface area contributed by atoms with Gasteiger partial charge in [-0.15, -0.1) is 0 Å². The zero-order chi connectivity index (χ0) is 17.7. The molecule has 1 aliphatic heterocycles. The molecular weight excluding hydrogens is 309 g/mol. The van der Waals surface area contributed by atoms with E-state index in [9.17, 15) is 23.1 Å². The van der Waals surface area contributed by atoms with E-state index >= 15 is 0 Å². The van der Waals surface area contributed by atoms with Gasteiger partial charge in [0.25, 0.3) is 0 Å². The summed E-state index contributed by atoms with van der Waals surface area (Å²) in [7, 11) is 0. The van der Waals surface area contributed by atoms with Crippen molar-refractivity contribution in [2.24, 2.45) is 11.3 Å².